The van der Waals surface area contributed by atoms with Gasteiger partial charge in [0.1, 0.15) is 0 Å². The Morgan fingerprint density at radius 3 is 1.47 bits per heavy atom. The van der Waals surface area contributed by atoms with Crippen LogP contribution in [-0.2, 0) is 9.13 Å². The lowest BCUT2D eigenvalue weighted by atomic mass is 9.93. The Bertz CT molecular complexity index is 297. The highest BCUT2D eigenvalue weighted by Gasteiger charge is 2.58. The molecule has 0 rings (SSSR count). The molecular weight excluding hydrogens is 242 g/mol. The van der Waals surface area contributed by atoms with Gasteiger partial charge in [0.05, 0.1) is 0 Å². The van der Waals surface area contributed by atoms with E-state index in [1.165, 1.54) is 0 Å². The standard InChI is InChI=1S/C7H18O6P2/c1-6(2,3)5-7(8,14(4,9)10)15(11,12)13/h8H,5H2,1-4H3,(H,9,10)(H2,11,12,13). The smallest absolute Gasteiger partial charge is 0.366 e. The summed E-state index contributed by atoms with van der Waals surface area (Å²) >= 11 is 0. The van der Waals surface area contributed by atoms with Crippen LogP contribution in [-0.4, -0.2) is 31.5 Å². The predicted octanol–water partition coefficient (Wildman–Crippen LogP) is 1.15. The lowest BCUT2D eigenvalue weighted by Gasteiger charge is -2.35. The molecule has 0 fully saturated rings. The summed E-state index contributed by atoms with van der Waals surface area (Å²) in [7, 11) is -9.38. The molecule has 2 atom stereocenters. The minimum atomic E-state index is -5.06. The molecule has 0 aromatic rings. The molecule has 0 aliphatic heterocycles. The van der Waals surface area contributed by atoms with E-state index in [1.807, 2.05) is 0 Å². The molecule has 0 saturated carbocycles. The summed E-state index contributed by atoms with van der Waals surface area (Å²) in [5.74, 6) is 0. The van der Waals surface area contributed by atoms with Gasteiger partial charge in [-0.05, 0) is 5.41 Å². The van der Waals surface area contributed by atoms with Crippen LogP contribution in [0, 0.1) is 5.41 Å². The van der Waals surface area contributed by atoms with Gasteiger partial charge in [-0.3, -0.25) is 9.13 Å². The van der Waals surface area contributed by atoms with E-state index >= 15 is 0 Å². The summed E-state index contributed by atoms with van der Waals surface area (Å²) in [4.78, 5) is 27.2. The highest BCUT2D eigenvalue weighted by atomic mass is 31.2. The minimum Gasteiger partial charge on any atom is -0.369 e. The number of hydrogen-bond donors (Lipinski definition) is 4. The number of hydrogen-bond acceptors (Lipinski definition) is 3. The molecule has 0 radical (unpaired) electrons. The molecule has 0 amide bonds. The van der Waals surface area contributed by atoms with E-state index in [9.17, 15) is 19.1 Å². The third kappa shape index (κ3) is 3.66. The Morgan fingerprint density at radius 2 is 1.40 bits per heavy atom. The third-order valence-corrected chi connectivity index (χ3v) is 6.37. The van der Waals surface area contributed by atoms with Crippen molar-refractivity contribution in [1.82, 2.24) is 0 Å². The lowest BCUT2D eigenvalue weighted by molar-refractivity contribution is 0.106. The SMILES string of the molecule is CC(C)(C)CC(O)(P(C)(=O)O)P(=O)(O)O. The first kappa shape index (κ1) is 15.3. The number of rotatable bonds is 3. The summed E-state index contributed by atoms with van der Waals surface area (Å²) in [6, 6.07) is 0. The van der Waals surface area contributed by atoms with E-state index in [4.69, 9.17) is 9.79 Å². The molecule has 0 aliphatic carbocycles. The van der Waals surface area contributed by atoms with Crippen molar-refractivity contribution >= 4 is 15.0 Å². The zero-order valence-corrected chi connectivity index (χ0v) is 11.0. The third-order valence-electron chi connectivity index (χ3n) is 1.90. The first-order valence-electron chi connectivity index (χ1n) is 4.29. The summed E-state index contributed by atoms with van der Waals surface area (Å²) in [5.41, 5.74) is -0.676. The first-order valence-corrected chi connectivity index (χ1v) is 8.01. The van der Waals surface area contributed by atoms with Crippen molar-refractivity contribution in [3.63, 3.8) is 0 Å². The predicted molar refractivity (Wildman–Crippen MR) is 56.8 cm³/mol. The molecule has 0 spiro atoms. The van der Waals surface area contributed by atoms with Crippen LogP contribution < -0.4 is 0 Å². The maximum Gasteiger partial charge on any atom is 0.366 e. The van der Waals surface area contributed by atoms with E-state index in [0.29, 0.717) is 0 Å². The Hall–Kier alpha value is 0.300. The highest BCUT2D eigenvalue weighted by Crippen LogP contribution is 2.70. The monoisotopic (exact) mass is 260 g/mol. The number of aliphatic hydroxyl groups is 1. The average molecular weight is 260 g/mol. The molecule has 4 N–H and O–H groups in total. The van der Waals surface area contributed by atoms with Gasteiger partial charge < -0.3 is 19.8 Å². The fourth-order valence-corrected chi connectivity index (χ4v) is 4.58. The normalized spacial score (nSPS) is 21.9. The maximum absolute atomic E-state index is 11.4. The van der Waals surface area contributed by atoms with Gasteiger partial charge >= 0.3 is 7.60 Å². The fraction of sp³-hybridized carbons (Fsp3) is 1.00. The van der Waals surface area contributed by atoms with Crippen LogP contribution in [0.15, 0.2) is 0 Å². The average Bonchev–Trinajstić information content (AvgIpc) is 1.77. The first-order chi connectivity index (χ1) is 6.21. The Balaban J connectivity index is 5.46. The molecule has 0 heterocycles. The van der Waals surface area contributed by atoms with Crippen molar-refractivity contribution in [3.05, 3.63) is 0 Å². The molecule has 0 aliphatic rings. The lowest BCUT2D eigenvalue weighted by Crippen LogP contribution is -2.33. The Morgan fingerprint density at radius 1 is 1.07 bits per heavy atom. The molecule has 2 unspecified atom stereocenters. The van der Waals surface area contributed by atoms with Crippen molar-refractivity contribution in [1.29, 1.82) is 0 Å². The van der Waals surface area contributed by atoms with Gasteiger partial charge in [0.25, 0.3) is 0 Å². The van der Waals surface area contributed by atoms with Crippen LogP contribution in [0.1, 0.15) is 27.2 Å². The van der Waals surface area contributed by atoms with Gasteiger partial charge in [0.2, 0.25) is 12.5 Å². The second-order valence-electron chi connectivity index (χ2n) is 4.93. The summed E-state index contributed by atoms with van der Waals surface area (Å²) in [6.45, 7) is 5.59. The van der Waals surface area contributed by atoms with Crippen molar-refractivity contribution in [2.75, 3.05) is 6.66 Å². The fourth-order valence-electron chi connectivity index (χ4n) is 1.20. The Kier molecular flexibility index (Phi) is 4.03. The Labute approximate surface area is 88.9 Å². The van der Waals surface area contributed by atoms with E-state index in [1.54, 1.807) is 20.8 Å². The summed E-state index contributed by atoms with van der Waals surface area (Å²) < 4.78 is 22.5. The second kappa shape index (κ2) is 3.95. The largest absolute Gasteiger partial charge is 0.369 e. The van der Waals surface area contributed by atoms with Crippen LogP contribution in [0.5, 0.6) is 0 Å². The van der Waals surface area contributed by atoms with Crippen molar-refractivity contribution in [2.24, 2.45) is 5.41 Å². The van der Waals surface area contributed by atoms with Gasteiger partial charge in [-0.2, -0.15) is 0 Å². The molecule has 0 aromatic carbocycles. The second-order valence-corrected chi connectivity index (χ2v) is 9.61. The van der Waals surface area contributed by atoms with Crippen molar-refractivity contribution in [2.45, 2.75) is 32.3 Å². The van der Waals surface area contributed by atoms with Gasteiger partial charge in [0, 0.05) is 13.1 Å². The zero-order valence-electron chi connectivity index (χ0n) is 9.21. The molecule has 6 nitrogen and oxygen atoms in total. The van der Waals surface area contributed by atoms with Crippen LogP contribution in [0.4, 0.5) is 0 Å². The molecular formula is C7H18O6P2. The molecule has 0 bridgehead atoms. The van der Waals surface area contributed by atoms with Gasteiger partial charge in [-0.15, -0.1) is 0 Å². The van der Waals surface area contributed by atoms with Gasteiger partial charge in [-0.25, -0.2) is 0 Å². The van der Waals surface area contributed by atoms with Crippen LogP contribution in [0.2, 0.25) is 0 Å². The van der Waals surface area contributed by atoms with Gasteiger partial charge in [0.15, 0.2) is 0 Å². The molecule has 8 heteroatoms. The molecule has 0 saturated heterocycles. The van der Waals surface area contributed by atoms with Crippen LogP contribution in [0.25, 0.3) is 0 Å². The zero-order chi connectivity index (χ0) is 12.7. The van der Waals surface area contributed by atoms with Crippen molar-refractivity contribution < 1.29 is 28.9 Å². The molecule has 15 heavy (non-hydrogen) atoms. The maximum atomic E-state index is 11.4. The van der Waals surface area contributed by atoms with Crippen molar-refractivity contribution in [3.8, 4) is 0 Å². The summed E-state index contributed by atoms with van der Waals surface area (Å²) in [5, 5.41) is 6.88. The van der Waals surface area contributed by atoms with Gasteiger partial charge in [-0.1, -0.05) is 20.8 Å². The molecule has 92 valence electrons. The van der Waals surface area contributed by atoms with E-state index < -0.39 is 31.9 Å². The topological polar surface area (TPSA) is 115 Å². The molecule has 0 aromatic heterocycles. The van der Waals surface area contributed by atoms with E-state index in [0.717, 1.165) is 6.66 Å². The highest BCUT2D eigenvalue weighted by molar-refractivity contribution is 7.74. The summed E-state index contributed by atoms with van der Waals surface area (Å²) in [6.07, 6.45) is -0.450. The van der Waals surface area contributed by atoms with E-state index in [-0.39, 0.29) is 0 Å². The van der Waals surface area contributed by atoms with Crippen LogP contribution in [0.3, 0.4) is 0 Å². The quantitative estimate of drug-likeness (QED) is 0.566. The minimum absolute atomic E-state index is 0.450. The van der Waals surface area contributed by atoms with Crippen LogP contribution >= 0.6 is 15.0 Å². The van der Waals surface area contributed by atoms with E-state index in [2.05, 4.69) is 0 Å².